The average molecular weight is 437 g/mol. The lowest BCUT2D eigenvalue weighted by atomic mass is 9.92. The first kappa shape index (κ1) is 22.1. The molecule has 0 aromatic heterocycles. The predicted molar refractivity (Wildman–Crippen MR) is 122 cm³/mol. The smallest absolute Gasteiger partial charge is 0.228 e. The number of methoxy groups -OCH3 is 1. The van der Waals surface area contributed by atoms with Gasteiger partial charge in [0.25, 0.3) is 0 Å². The molecule has 1 heterocycles. The van der Waals surface area contributed by atoms with E-state index in [0.717, 1.165) is 24.8 Å². The van der Waals surface area contributed by atoms with Gasteiger partial charge in [0.1, 0.15) is 11.6 Å². The molecule has 2 atom stereocenters. The summed E-state index contributed by atoms with van der Waals surface area (Å²) >= 11 is 0. The molecule has 6 heteroatoms. The van der Waals surface area contributed by atoms with Crippen molar-refractivity contribution in [2.75, 3.05) is 18.6 Å². The number of amides is 2. The fourth-order valence-corrected chi connectivity index (χ4v) is 4.67. The lowest BCUT2D eigenvalue weighted by Crippen LogP contribution is -2.36. The van der Waals surface area contributed by atoms with Crippen LogP contribution in [0.1, 0.15) is 50.1 Å². The molecule has 5 nitrogen and oxygen atoms in total. The van der Waals surface area contributed by atoms with Crippen molar-refractivity contribution in [3.8, 4) is 5.75 Å². The van der Waals surface area contributed by atoms with Gasteiger partial charge in [0.05, 0.1) is 19.1 Å². The molecule has 0 radical (unpaired) electrons. The molecule has 2 aliphatic rings. The van der Waals surface area contributed by atoms with Crippen LogP contribution in [0.4, 0.5) is 10.1 Å². The molecule has 1 fully saturated rings. The molecule has 1 aliphatic carbocycles. The van der Waals surface area contributed by atoms with Crippen molar-refractivity contribution in [1.29, 1.82) is 0 Å². The highest BCUT2D eigenvalue weighted by Crippen LogP contribution is 2.42. The standard InChI is InChI=1S/C26H29FN2O3/c1-32-22-13-11-21(12-14-22)29-24(30)17-23(25(29)19-7-9-20(27)10-8-19)26(31)28-16-15-18-5-3-2-4-6-18/h5,7-14,23,25H,2-4,6,15-17H2,1H3,(H,28,31). The van der Waals surface area contributed by atoms with Gasteiger partial charge in [-0.25, -0.2) is 4.39 Å². The zero-order valence-corrected chi connectivity index (χ0v) is 18.4. The average Bonchev–Trinajstić information content (AvgIpc) is 3.17. The molecule has 2 aromatic carbocycles. The molecule has 2 unspecified atom stereocenters. The Hall–Kier alpha value is -3.15. The predicted octanol–water partition coefficient (Wildman–Crippen LogP) is 4.94. The van der Waals surface area contributed by atoms with E-state index < -0.39 is 12.0 Å². The molecule has 2 aromatic rings. The molecule has 0 bridgehead atoms. The number of halogens is 1. The maximum atomic E-state index is 13.6. The lowest BCUT2D eigenvalue weighted by Gasteiger charge is -2.28. The molecule has 2 amide bonds. The summed E-state index contributed by atoms with van der Waals surface area (Å²) in [4.78, 5) is 27.9. The second-order valence-electron chi connectivity index (χ2n) is 8.42. The van der Waals surface area contributed by atoms with Gasteiger partial charge >= 0.3 is 0 Å². The van der Waals surface area contributed by atoms with E-state index in [2.05, 4.69) is 11.4 Å². The highest BCUT2D eigenvalue weighted by atomic mass is 19.1. The van der Waals surface area contributed by atoms with E-state index in [1.807, 2.05) is 12.1 Å². The molecule has 1 aliphatic heterocycles. The number of nitrogens with zero attached hydrogens (tertiary/aromatic N) is 1. The van der Waals surface area contributed by atoms with Crippen molar-refractivity contribution in [3.63, 3.8) is 0 Å². The molecule has 1 saturated heterocycles. The van der Waals surface area contributed by atoms with Gasteiger partial charge in [-0.3, -0.25) is 9.59 Å². The van der Waals surface area contributed by atoms with E-state index in [-0.39, 0.29) is 24.1 Å². The van der Waals surface area contributed by atoms with E-state index >= 15 is 0 Å². The summed E-state index contributed by atoms with van der Waals surface area (Å²) < 4.78 is 18.8. The number of rotatable bonds is 7. The highest BCUT2D eigenvalue weighted by Gasteiger charge is 2.45. The van der Waals surface area contributed by atoms with Crippen LogP contribution in [0.25, 0.3) is 0 Å². The third kappa shape index (κ3) is 4.85. The van der Waals surface area contributed by atoms with Crippen LogP contribution in [-0.4, -0.2) is 25.5 Å². The minimum atomic E-state index is -0.546. The van der Waals surface area contributed by atoms with Crippen molar-refractivity contribution in [2.45, 2.75) is 44.6 Å². The lowest BCUT2D eigenvalue weighted by molar-refractivity contribution is -0.126. The van der Waals surface area contributed by atoms with Crippen LogP contribution in [0.5, 0.6) is 5.75 Å². The van der Waals surface area contributed by atoms with E-state index in [9.17, 15) is 14.0 Å². The van der Waals surface area contributed by atoms with Crippen molar-refractivity contribution in [2.24, 2.45) is 5.92 Å². The molecule has 168 valence electrons. The van der Waals surface area contributed by atoms with Crippen LogP contribution in [0, 0.1) is 11.7 Å². The number of anilines is 1. The number of hydrogen-bond donors (Lipinski definition) is 1. The van der Waals surface area contributed by atoms with Crippen molar-refractivity contribution < 1.29 is 18.7 Å². The number of benzene rings is 2. The number of ether oxygens (including phenoxy) is 1. The Morgan fingerprint density at radius 3 is 2.53 bits per heavy atom. The summed E-state index contributed by atoms with van der Waals surface area (Å²) in [7, 11) is 1.58. The first-order valence-electron chi connectivity index (χ1n) is 11.2. The monoisotopic (exact) mass is 436 g/mol. The number of hydrogen-bond acceptors (Lipinski definition) is 3. The van der Waals surface area contributed by atoms with Crippen LogP contribution >= 0.6 is 0 Å². The van der Waals surface area contributed by atoms with Crippen LogP contribution in [0.3, 0.4) is 0 Å². The second kappa shape index (κ2) is 9.98. The van der Waals surface area contributed by atoms with Crippen molar-refractivity contribution in [3.05, 3.63) is 71.6 Å². The second-order valence-corrected chi connectivity index (χ2v) is 8.42. The Morgan fingerprint density at radius 2 is 1.88 bits per heavy atom. The molecular formula is C26H29FN2O3. The van der Waals surface area contributed by atoms with Crippen LogP contribution in [-0.2, 0) is 9.59 Å². The van der Waals surface area contributed by atoms with E-state index in [4.69, 9.17) is 4.74 Å². The van der Waals surface area contributed by atoms with E-state index in [1.54, 1.807) is 36.3 Å². The maximum absolute atomic E-state index is 13.6. The molecule has 0 spiro atoms. The summed E-state index contributed by atoms with van der Waals surface area (Å²) in [5.74, 6) is -0.476. The molecule has 32 heavy (non-hydrogen) atoms. The Bertz CT molecular complexity index is 985. The van der Waals surface area contributed by atoms with Gasteiger partial charge in [-0.15, -0.1) is 0 Å². The van der Waals surface area contributed by atoms with Gasteiger partial charge < -0.3 is 15.0 Å². The third-order valence-electron chi connectivity index (χ3n) is 6.35. The third-order valence-corrected chi connectivity index (χ3v) is 6.35. The van der Waals surface area contributed by atoms with Crippen LogP contribution < -0.4 is 15.0 Å². The van der Waals surface area contributed by atoms with Gasteiger partial charge in [0.15, 0.2) is 0 Å². The molecule has 0 saturated carbocycles. The Morgan fingerprint density at radius 1 is 1.12 bits per heavy atom. The highest BCUT2D eigenvalue weighted by molar-refractivity contribution is 6.01. The normalized spacial score (nSPS) is 20.8. The summed E-state index contributed by atoms with van der Waals surface area (Å²) in [5, 5.41) is 3.04. The Balaban J connectivity index is 1.55. The fraction of sp³-hybridized carbons (Fsp3) is 0.385. The van der Waals surface area contributed by atoms with Crippen molar-refractivity contribution in [1.82, 2.24) is 5.32 Å². The summed E-state index contributed by atoms with van der Waals surface area (Å²) in [6.45, 7) is 0.564. The fourth-order valence-electron chi connectivity index (χ4n) is 4.67. The van der Waals surface area contributed by atoms with E-state index in [1.165, 1.54) is 30.5 Å². The summed E-state index contributed by atoms with van der Waals surface area (Å²) in [6.07, 6.45) is 7.89. The van der Waals surface area contributed by atoms with Gasteiger partial charge in [0, 0.05) is 18.7 Å². The largest absolute Gasteiger partial charge is 0.497 e. The SMILES string of the molecule is COc1ccc(N2C(=O)CC(C(=O)NCCC3=CCCCC3)C2c2ccc(F)cc2)cc1. The first-order valence-corrected chi connectivity index (χ1v) is 11.2. The Labute approximate surface area is 188 Å². The first-order chi connectivity index (χ1) is 15.6. The zero-order chi connectivity index (χ0) is 22.5. The van der Waals surface area contributed by atoms with Gasteiger partial charge in [-0.1, -0.05) is 23.8 Å². The van der Waals surface area contributed by atoms with Crippen LogP contribution in [0.2, 0.25) is 0 Å². The molecular weight excluding hydrogens is 407 g/mol. The Kier molecular flexibility index (Phi) is 6.88. The number of nitrogens with one attached hydrogen (secondary N) is 1. The topological polar surface area (TPSA) is 58.6 Å². The minimum Gasteiger partial charge on any atom is -0.497 e. The van der Waals surface area contributed by atoms with E-state index in [0.29, 0.717) is 18.0 Å². The summed E-state index contributed by atoms with van der Waals surface area (Å²) in [5.41, 5.74) is 2.82. The van der Waals surface area contributed by atoms with Gasteiger partial charge in [-0.2, -0.15) is 0 Å². The quantitative estimate of drug-likeness (QED) is 0.626. The molecule has 4 rings (SSSR count). The minimum absolute atomic E-state index is 0.114. The zero-order valence-electron chi connectivity index (χ0n) is 18.4. The maximum Gasteiger partial charge on any atom is 0.228 e. The number of carbonyl (C=O) groups excluding carboxylic acids is 2. The molecule has 1 N–H and O–H groups in total. The number of allylic oxidation sites excluding steroid dienone is 1. The number of carbonyl (C=O) groups is 2. The van der Waals surface area contributed by atoms with Gasteiger partial charge in [0.2, 0.25) is 11.8 Å². The van der Waals surface area contributed by atoms with Crippen molar-refractivity contribution >= 4 is 17.5 Å². The van der Waals surface area contributed by atoms with Crippen LogP contribution in [0.15, 0.2) is 60.2 Å². The summed E-state index contributed by atoms with van der Waals surface area (Å²) in [6, 6.07) is 12.7. The van der Waals surface area contributed by atoms with Gasteiger partial charge in [-0.05, 0) is 74.1 Å².